The first kappa shape index (κ1) is 11.2. The van der Waals surface area contributed by atoms with Crippen LogP contribution in [-0.2, 0) is 9.09 Å². The van der Waals surface area contributed by atoms with Gasteiger partial charge in [-0.2, -0.15) is 0 Å². The summed E-state index contributed by atoms with van der Waals surface area (Å²) >= 11 is 0. The summed E-state index contributed by atoms with van der Waals surface area (Å²) in [6.07, 6.45) is 0. The van der Waals surface area contributed by atoms with Gasteiger partial charge in [-0.15, -0.1) is 0 Å². The average Bonchev–Trinajstić information content (AvgIpc) is 2.16. The molecule has 14 heavy (non-hydrogen) atoms. The van der Waals surface area contributed by atoms with Crippen molar-refractivity contribution in [1.82, 2.24) is 0 Å². The number of aliphatic hydroxyl groups excluding tert-OH is 1. The van der Waals surface area contributed by atoms with Gasteiger partial charge in [0.05, 0.1) is 13.2 Å². The van der Waals surface area contributed by atoms with Gasteiger partial charge in [-0.1, -0.05) is 18.2 Å². The first-order valence-electron chi connectivity index (χ1n) is 3.97. The van der Waals surface area contributed by atoms with Crippen LogP contribution in [0.1, 0.15) is 0 Å². The molecular weight excluding hydrogens is 207 g/mol. The van der Waals surface area contributed by atoms with Crippen LogP contribution in [0, 0.1) is 0 Å². The summed E-state index contributed by atoms with van der Waals surface area (Å²) in [7, 11) is -4.09. The molecule has 0 amide bonds. The highest BCUT2D eigenvalue weighted by Crippen LogP contribution is 2.43. The fourth-order valence-electron chi connectivity index (χ4n) is 0.797. The van der Waals surface area contributed by atoms with E-state index in [1.807, 2.05) is 0 Å². The first-order valence-corrected chi connectivity index (χ1v) is 5.46. The van der Waals surface area contributed by atoms with Gasteiger partial charge in [-0.05, 0) is 12.1 Å². The van der Waals surface area contributed by atoms with Crippen molar-refractivity contribution in [3.8, 4) is 5.75 Å². The van der Waals surface area contributed by atoms with E-state index in [1.165, 1.54) is 12.1 Å². The number of rotatable bonds is 5. The van der Waals surface area contributed by atoms with Gasteiger partial charge in [0.25, 0.3) is 0 Å². The monoisotopic (exact) mass is 218 g/mol. The fourth-order valence-corrected chi connectivity index (χ4v) is 1.55. The lowest BCUT2D eigenvalue weighted by atomic mass is 10.3. The minimum Gasteiger partial charge on any atom is -0.404 e. The zero-order chi connectivity index (χ0) is 10.4. The Hall–Kier alpha value is -0.870. The molecule has 0 aliphatic carbocycles. The Kier molecular flexibility index (Phi) is 4.10. The van der Waals surface area contributed by atoms with Crippen LogP contribution < -0.4 is 4.52 Å². The standard InChI is InChI=1S/C8H11O5P/c9-6-7-12-14(10,11)13-8-4-2-1-3-5-8/h1-5,9H,6-7H2,(H,10,11). The SMILES string of the molecule is O=P(O)(OCCO)Oc1ccccc1. The molecule has 1 unspecified atom stereocenters. The molecule has 5 nitrogen and oxygen atoms in total. The second-order valence-electron chi connectivity index (χ2n) is 2.43. The van der Waals surface area contributed by atoms with Crippen LogP contribution in [0.15, 0.2) is 30.3 Å². The first-order chi connectivity index (χ1) is 6.64. The van der Waals surface area contributed by atoms with Crippen LogP contribution >= 0.6 is 7.82 Å². The zero-order valence-electron chi connectivity index (χ0n) is 7.37. The van der Waals surface area contributed by atoms with Gasteiger partial charge in [0, 0.05) is 0 Å². The lowest BCUT2D eigenvalue weighted by Crippen LogP contribution is -2.01. The summed E-state index contributed by atoms with van der Waals surface area (Å²) in [5.41, 5.74) is 0. The topological polar surface area (TPSA) is 76.0 Å². The van der Waals surface area contributed by atoms with Crippen LogP contribution in [0.4, 0.5) is 0 Å². The Morgan fingerprint density at radius 2 is 1.93 bits per heavy atom. The molecule has 1 atom stereocenters. The molecule has 0 fully saturated rings. The fraction of sp³-hybridized carbons (Fsp3) is 0.250. The van der Waals surface area contributed by atoms with E-state index in [2.05, 4.69) is 9.05 Å². The van der Waals surface area contributed by atoms with Crippen LogP contribution in [-0.4, -0.2) is 23.2 Å². The molecule has 6 heteroatoms. The minimum atomic E-state index is -4.09. The third-order valence-electron chi connectivity index (χ3n) is 1.31. The number of phosphoric ester groups is 1. The Bertz CT molecular complexity index is 313. The summed E-state index contributed by atoms with van der Waals surface area (Å²) in [4.78, 5) is 9.10. The summed E-state index contributed by atoms with van der Waals surface area (Å²) in [6, 6.07) is 8.16. The molecular formula is C8H11O5P. The minimum absolute atomic E-state index is 0.236. The van der Waals surface area contributed by atoms with E-state index < -0.39 is 7.82 Å². The van der Waals surface area contributed by atoms with Crippen LogP contribution in [0.3, 0.4) is 0 Å². The molecule has 0 aliphatic rings. The smallest absolute Gasteiger partial charge is 0.404 e. The second kappa shape index (κ2) is 5.12. The highest BCUT2D eigenvalue weighted by Gasteiger charge is 2.21. The van der Waals surface area contributed by atoms with Gasteiger partial charge in [0.2, 0.25) is 0 Å². The van der Waals surface area contributed by atoms with E-state index in [-0.39, 0.29) is 19.0 Å². The lowest BCUT2D eigenvalue weighted by Gasteiger charge is -2.11. The molecule has 0 heterocycles. The van der Waals surface area contributed by atoms with Gasteiger partial charge < -0.3 is 9.63 Å². The number of aliphatic hydroxyl groups is 1. The van der Waals surface area contributed by atoms with Crippen molar-refractivity contribution in [3.05, 3.63) is 30.3 Å². The third-order valence-corrected chi connectivity index (χ3v) is 2.26. The highest BCUT2D eigenvalue weighted by molar-refractivity contribution is 7.47. The summed E-state index contributed by atoms with van der Waals surface area (Å²) < 4.78 is 20.2. The van der Waals surface area contributed by atoms with Crippen LogP contribution in [0.25, 0.3) is 0 Å². The lowest BCUT2D eigenvalue weighted by molar-refractivity contribution is 0.155. The number of para-hydroxylation sites is 1. The van der Waals surface area contributed by atoms with Crippen LogP contribution in [0.2, 0.25) is 0 Å². The van der Waals surface area contributed by atoms with E-state index in [1.54, 1.807) is 18.2 Å². The Morgan fingerprint density at radius 3 is 2.50 bits per heavy atom. The van der Waals surface area contributed by atoms with E-state index in [0.717, 1.165) is 0 Å². The molecule has 0 aliphatic heterocycles. The van der Waals surface area contributed by atoms with E-state index in [9.17, 15) is 4.57 Å². The zero-order valence-corrected chi connectivity index (χ0v) is 8.26. The summed E-state index contributed by atoms with van der Waals surface area (Å²) in [5.74, 6) is 0.247. The Labute approximate surface area is 81.5 Å². The number of phosphoric acid groups is 1. The van der Waals surface area contributed by atoms with E-state index in [0.29, 0.717) is 0 Å². The predicted molar refractivity (Wildman–Crippen MR) is 49.9 cm³/mol. The number of hydrogen-bond donors (Lipinski definition) is 2. The van der Waals surface area contributed by atoms with Gasteiger partial charge in [0.15, 0.2) is 0 Å². The van der Waals surface area contributed by atoms with Crippen molar-refractivity contribution in [3.63, 3.8) is 0 Å². The van der Waals surface area contributed by atoms with Crippen molar-refractivity contribution >= 4 is 7.82 Å². The Morgan fingerprint density at radius 1 is 1.29 bits per heavy atom. The molecule has 0 spiro atoms. The molecule has 78 valence electrons. The van der Waals surface area contributed by atoms with Gasteiger partial charge in [0.1, 0.15) is 5.75 Å². The normalized spacial score (nSPS) is 14.7. The molecule has 0 radical (unpaired) electrons. The molecule has 0 bridgehead atoms. The van der Waals surface area contributed by atoms with E-state index in [4.69, 9.17) is 10.00 Å². The summed E-state index contributed by atoms with van der Waals surface area (Å²) in [5, 5.41) is 8.38. The summed E-state index contributed by atoms with van der Waals surface area (Å²) in [6.45, 7) is -0.566. The van der Waals surface area contributed by atoms with E-state index >= 15 is 0 Å². The second-order valence-corrected chi connectivity index (χ2v) is 3.81. The van der Waals surface area contributed by atoms with Crippen LogP contribution in [0.5, 0.6) is 5.75 Å². The quantitative estimate of drug-likeness (QED) is 0.725. The molecule has 1 aromatic rings. The molecule has 1 aromatic carbocycles. The van der Waals surface area contributed by atoms with Crippen molar-refractivity contribution in [2.75, 3.05) is 13.2 Å². The molecule has 2 N–H and O–H groups in total. The predicted octanol–water partition coefficient (Wildman–Crippen LogP) is 1.17. The van der Waals surface area contributed by atoms with Crippen molar-refractivity contribution in [2.45, 2.75) is 0 Å². The highest BCUT2D eigenvalue weighted by atomic mass is 31.2. The maximum absolute atomic E-state index is 11.1. The number of benzene rings is 1. The van der Waals surface area contributed by atoms with Gasteiger partial charge in [-0.25, -0.2) is 4.57 Å². The Balaban J connectivity index is 2.55. The van der Waals surface area contributed by atoms with Crippen molar-refractivity contribution in [2.24, 2.45) is 0 Å². The molecule has 1 rings (SSSR count). The average molecular weight is 218 g/mol. The largest absolute Gasteiger partial charge is 0.527 e. The molecule has 0 saturated heterocycles. The third kappa shape index (κ3) is 3.89. The number of hydrogen-bond acceptors (Lipinski definition) is 4. The molecule has 0 aromatic heterocycles. The maximum Gasteiger partial charge on any atom is 0.527 e. The van der Waals surface area contributed by atoms with Gasteiger partial charge in [-0.3, -0.25) is 9.42 Å². The van der Waals surface area contributed by atoms with Crippen molar-refractivity contribution in [1.29, 1.82) is 0 Å². The molecule has 0 saturated carbocycles. The van der Waals surface area contributed by atoms with Gasteiger partial charge >= 0.3 is 7.82 Å². The maximum atomic E-state index is 11.1. The van der Waals surface area contributed by atoms with Crippen molar-refractivity contribution < 1.29 is 23.6 Å².